The van der Waals surface area contributed by atoms with Crippen molar-refractivity contribution in [3.63, 3.8) is 0 Å². The lowest BCUT2D eigenvalue weighted by Crippen LogP contribution is -2.53. The van der Waals surface area contributed by atoms with E-state index in [0.717, 1.165) is 30.4 Å². The zero-order valence-electron chi connectivity index (χ0n) is 12.0. The molecule has 2 aliphatic heterocycles. The fourth-order valence-corrected chi connectivity index (χ4v) is 4.73. The lowest BCUT2D eigenvalue weighted by atomic mass is 9.96. The predicted octanol–water partition coefficient (Wildman–Crippen LogP) is 1.75. The summed E-state index contributed by atoms with van der Waals surface area (Å²) in [5, 5.41) is 3.69. The molecule has 0 saturated carbocycles. The third-order valence-corrected chi connectivity index (χ3v) is 5.41. The van der Waals surface area contributed by atoms with Crippen LogP contribution in [-0.2, 0) is 10.8 Å². The van der Waals surface area contributed by atoms with E-state index in [1.165, 1.54) is 32.1 Å². The summed E-state index contributed by atoms with van der Waals surface area (Å²) in [7, 11) is -0.670. The van der Waals surface area contributed by atoms with Crippen LogP contribution in [0.5, 0.6) is 0 Å². The summed E-state index contributed by atoms with van der Waals surface area (Å²) in [6.45, 7) is 5.64. The summed E-state index contributed by atoms with van der Waals surface area (Å²) in [4.78, 5) is 2.67. The molecule has 0 aromatic carbocycles. The quantitative estimate of drug-likeness (QED) is 0.799. The molecule has 2 saturated heterocycles. The molecule has 106 valence electrons. The predicted molar refractivity (Wildman–Crippen MR) is 78.4 cm³/mol. The first kappa shape index (κ1) is 14.5. The van der Waals surface area contributed by atoms with E-state index in [1.54, 1.807) is 0 Å². The summed E-state index contributed by atoms with van der Waals surface area (Å²) < 4.78 is 11.4. The summed E-state index contributed by atoms with van der Waals surface area (Å²) in [6, 6.07) is 2.67. The molecule has 4 heteroatoms. The van der Waals surface area contributed by atoms with Gasteiger partial charge in [0.2, 0.25) is 0 Å². The summed E-state index contributed by atoms with van der Waals surface area (Å²) in [6.07, 6.45) is 8.31. The van der Waals surface area contributed by atoms with E-state index in [9.17, 15) is 4.21 Å². The molecule has 18 heavy (non-hydrogen) atoms. The molecule has 2 bridgehead atoms. The molecule has 0 aliphatic carbocycles. The summed E-state index contributed by atoms with van der Waals surface area (Å²) in [5.41, 5.74) is 0. The molecular formula is C14H28N2OS. The van der Waals surface area contributed by atoms with E-state index >= 15 is 0 Å². The Bertz CT molecular complexity index is 284. The van der Waals surface area contributed by atoms with Crippen molar-refractivity contribution in [2.75, 3.05) is 18.6 Å². The highest BCUT2D eigenvalue weighted by atomic mass is 32.2. The smallest absolute Gasteiger partial charge is 0.0385 e. The molecule has 4 unspecified atom stereocenters. The second kappa shape index (κ2) is 6.49. The number of fused-ring (bicyclic) bond motifs is 2. The van der Waals surface area contributed by atoms with Crippen LogP contribution in [0.15, 0.2) is 0 Å². The van der Waals surface area contributed by atoms with Crippen molar-refractivity contribution in [3.8, 4) is 0 Å². The van der Waals surface area contributed by atoms with Gasteiger partial charge in [-0.1, -0.05) is 6.92 Å². The van der Waals surface area contributed by atoms with Crippen LogP contribution in [0.3, 0.4) is 0 Å². The van der Waals surface area contributed by atoms with Gasteiger partial charge >= 0.3 is 0 Å². The first-order valence-corrected chi connectivity index (χ1v) is 9.15. The largest absolute Gasteiger partial charge is 0.314 e. The van der Waals surface area contributed by atoms with Gasteiger partial charge in [0.15, 0.2) is 0 Å². The van der Waals surface area contributed by atoms with Crippen LogP contribution in [-0.4, -0.2) is 51.8 Å². The Morgan fingerprint density at radius 2 is 1.94 bits per heavy atom. The fourth-order valence-electron chi connectivity index (χ4n) is 3.87. The molecule has 0 spiro atoms. The zero-order chi connectivity index (χ0) is 13.1. The van der Waals surface area contributed by atoms with E-state index in [4.69, 9.17) is 0 Å². The van der Waals surface area contributed by atoms with Crippen LogP contribution >= 0.6 is 0 Å². The zero-order valence-corrected chi connectivity index (χ0v) is 12.8. The van der Waals surface area contributed by atoms with Crippen molar-refractivity contribution in [1.82, 2.24) is 10.2 Å². The number of nitrogens with one attached hydrogen (secondary N) is 1. The number of hydrogen-bond donors (Lipinski definition) is 1. The topological polar surface area (TPSA) is 32.3 Å². The molecule has 2 fully saturated rings. The normalized spacial score (nSPS) is 35.6. The molecule has 4 atom stereocenters. The number of hydrogen-bond acceptors (Lipinski definition) is 3. The minimum Gasteiger partial charge on any atom is -0.314 e. The van der Waals surface area contributed by atoms with Gasteiger partial charge in [-0.15, -0.1) is 0 Å². The summed E-state index contributed by atoms with van der Waals surface area (Å²) >= 11 is 0. The number of rotatable bonds is 6. The first-order valence-electron chi connectivity index (χ1n) is 7.42. The minimum atomic E-state index is -0.670. The highest BCUT2D eigenvalue weighted by Crippen LogP contribution is 2.37. The van der Waals surface area contributed by atoms with Crippen LogP contribution in [0, 0.1) is 0 Å². The van der Waals surface area contributed by atoms with Crippen molar-refractivity contribution in [1.29, 1.82) is 0 Å². The fraction of sp³-hybridized carbons (Fsp3) is 1.00. The molecule has 1 N–H and O–H groups in total. The Hall–Kier alpha value is 0.0700. The van der Waals surface area contributed by atoms with Gasteiger partial charge in [-0.3, -0.25) is 9.11 Å². The third kappa shape index (κ3) is 3.34. The van der Waals surface area contributed by atoms with Crippen LogP contribution in [0.25, 0.3) is 0 Å². The highest BCUT2D eigenvalue weighted by molar-refractivity contribution is 7.84. The maximum absolute atomic E-state index is 11.4. The second-order valence-electron chi connectivity index (χ2n) is 6.04. The average Bonchev–Trinajstić information content (AvgIpc) is 2.57. The second-order valence-corrected chi connectivity index (χ2v) is 7.52. The molecule has 2 rings (SSSR count). The standard InChI is InChI=1S/C14H28N2OS/c1-4-7-15-12-8-13-5-6-14(9-12)16(13)11(2)10-18(3)17/h11-15H,4-10H2,1-3H3. The Morgan fingerprint density at radius 3 is 2.44 bits per heavy atom. The minimum absolute atomic E-state index is 0.487. The molecule has 2 aliphatic rings. The Balaban J connectivity index is 1.91. The lowest BCUT2D eigenvalue weighted by Gasteiger charge is -2.42. The van der Waals surface area contributed by atoms with Crippen LogP contribution in [0.2, 0.25) is 0 Å². The van der Waals surface area contributed by atoms with E-state index in [1.807, 2.05) is 6.26 Å². The van der Waals surface area contributed by atoms with E-state index < -0.39 is 10.8 Å². The maximum atomic E-state index is 11.4. The van der Waals surface area contributed by atoms with Gasteiger partial charge in [-0.2, -0.15) is 0 Å². The maximum Gasteiger partial charge on any atom is 0.0385 e. The molecule has 0 aromatic heterocycles. The Labute approximate surface area is 114 Å². The van der Waals surface area contributed by atoms with Gasteiger partial charge in [0.1, 0.15) is 0 Å². The third-order valence-electron chi connectivity index (χ3n) is 4.46. The average molecular weight is 272 g/mol. The molecule has 3 nitrogen and oxygen atoms in total. The van der Waals surface area contributed by atoms with Crippen LogP contribution < -0.4 is 5.32 Å². The van der Waals surface area contributed by atoms with E-state index in [-0.39, 0.29) is 0 Å². The van der Waals surface area contributed by atoms with Gasteiger partial charge < -0.3 is 5.32 Å². The van der Waals surface area contributed by atoms with Gasteiger partial charge in [-0.05, 0) is 45.6 Å². The SMILES string of the molecule is CCCNC1CC2CCC(C1)N2C(C)CS(C)=O. The van der Waals surface area contributed by atoms with Gasteiger partial charge in [0.25, 0.3) is 0 Å². The van der Waals surface area contributed by atoms with Crippen molar-refractivity contribution < 1.29 is 4.21 Å². The molecular weight excluding hydrogens is 244 g/mol. The van der Waals surface area contributed by atoms with Crippen molar-refractivity contribution in [2.45, 2.75) is 70.1 Å². The van der Waals surface area contributed by atoms with E-state index in [2.05, 4.69) is 24.1 Å². The first-order chi connectivity index (χ1) is 8.61. The molecule has 0 aromatic rings. The van der Waals surface area contributed by atoms with Crippen molar-refractivity contribution in [2.24, 2.45) is 0 Å². The number of piperidine rings is 1. The van der Waals surface area contributed by atoms with Crippen LogP contribution in [0.4, 0.5) is 0 Å². The highest BCUT2D eigenvalue weighted by Gasteiger charge is 2.42. The Morgan fingerprint density at radius 1 is 1.33 bits per heavy atom. The molecule has 0 amide bonds. The molecule has 2 heterocycles. The summed E-state index contributed by atoms with van der Waals surface area (Å²) in [5.74, 6) is 0.833. The van der Waals surface area contributed by atoms with Gasteiger partial charge in [0.05, 0.1) is 0 Å². The van der Waals surface area contributed by atoms with Crippen molar-refractivity contribution in [3.05, 3.63) is 0 Å². The van der Waals surface area contributed by atoms with Gasteiger partial charge in [-0.25, -0.2) is 0 Å². The van der Waals surface area contributed by atoms with Gasteiger partial charge in [0, 0.05) is 47.0 Å². The molecule has 0 radical (unpaired) electrons. The van der Waals surface area contributed by atoms with Crippen molar-refractivity contribution >= 4 is 10.8 Å². The monoisotopic (exact) mass is 272 g/mol. The van der Waals surface area contributed by atoms with E-state index in [0.29, 0.717) is 6.04 Å². The Kier molecular flexibility index (Phi) is 5.22. The van der Waals surface area contributed by atoms with Crippen LogP contribution in [0.1, 0.15) is 46.0 Å². The number of nitrogens with zero attached hydrogens (tertiary/aromatic N) is 1. The lowest BCUT2D eigenvalue weighted by molar-refractivity contribution is 0.0867.